The minimum absolute atomic E-state index is 0. The van der Waals surface area contributed by atoms with Crippen molar-refractivity contribution >= 4 is 30.1 Å². The van der Waals surface area contributed by atoms with Gasteiger partial charge in [0.15, 0.2) is 0 Å². The van der Waals surface area contributed by atoms with E-state index in [1.54, 1.807) is 0 Å². The van der Waals surface area contributed by atoms with E-state index in [1.165, 1.54) is 30.6 Å². The fourth-order valence-corrected chi connectivity index (χ4v) is 4.28. The molecule has 21 heavy (non-hydrogen) atoms. The Hall–Kier alpha value is -0.710. The lowest BCUT2D eigenvalue weighted by Gasteiger charge is -2.29. The van der Waals surface area contributed by atoms with Crippen LogP contribution in [0.5, 0.6) is 0 Å². The number of rotatable bonds is 5. The Labute approximate surface area is 136 Å². The highest BCUT2D eigenvalue weighted by Gasteiger charge is 2.46. The number of halogens is 1. The molecular weight excluding hydrogens is 304 g/mol. The maximum atomic E-state index is 12.0. The van der Waals surface area contributed by atoms with Crippen molar-refractivity contribution in [3.63, 3.8) is 0 Å². The first-order chi connectivity index (χ1) is 9.62. The van der Waals surface area contributed by atoms with Gasteiger partial charge in [-0.15, -0.1) is 24.2 Å². The lowest BCUT2D eigenvalue weighted by molar-refractivity contribution is -0.123. The van der Waals surface area contributed by atoms with Gasteiger partial charge < -0.3 is 11.1 Å². The van der Waals surface area contributed by atoms with Gasteiger partial charge in [-0.1, -0.05) is 31.0 Å². The average Bonchev–Trinajstić information content (AvgIpc) is 3.05. The number of nitrogens with two attached hydrogens (primary N) is 1. The Morgan fingerprint density at radius 3 is 2.33 bits per heavy atom. The monoisotopic (exact) mass is 326 g/mol. The number of amides is 1. The molecule has 0 spiro atoms. The van der Waals surface area contributed by atoms with Crippen molar-refractivity contribution in [2.75, 3.05) is 6.54 Å². The Morgan fingerprint density at radius 2 is 1.76 bits per heavy atom. The smallest absolute Gasteiger partial charge is 0.240 e. The van der Waals surface area contributed by atoms with Crippen LogP contribution >= 0.6 is 24.2 Å². The summed E-state index contributed by atoms with van der Waals surface area (Å²) < 4.78 is 0.155. The first-order valence-electron chi connectivity index (χ1n) is 7.43. The third-order valence-corrected chi connectivity index (χ3v) is 5.90. The predicted molar refractivity (Wildman–Crippen MR) is 89.9 cm³/mol. The van der Waals surface area contributed by atoms with E-state index in [0.29, 0.717) is 0 Å². The molecule has 0 unspecified atom stereocenters. The highest BCUT2D eigenvalue weighted by atomic mass is 35.5. The highest BCUT2D eigenvalue weighted by molar-refractivity contribution is 8.00. The second-order valence-electron chi connectivity index (χ2n) is 6.14. The summed E-state index contributed by atoms with van der Waals surface area (Å²) in [6.45, 7) is 0.740. The van der Waals surface area contributed by atoms with E-state index in [0.717, 1.165) is 19.4 Å². The summed E-state index contributed by atoms with van der Waals surface area (Å²) in [5.74, 6) is 0.0393. The van der Waals surface area contributed by atoms with Crippen LogP contribution < -0.4 is 11.1 Å². The van der Waals surface area contributed by atoms with Crippen LogP contribution in [-0.4, -0.2) is 22.7 Å². The van der Waals surface area contributed by atoms with E-state index in [4.69, 9.17) is 5.73 Å². The fraction of sp³-hybridized carbons (Fsp3) is 0.562. The van der Waals surface area contributed by atoms with Gasteiger partial charge >= 0.3 is 0 Å². The minimum atomic E-state index is -0.558. The van der Waals surface area contributed by atoms with Crippen molar-refractivity contribution in [3.05, 3.63) is 30.3 Å². The quantitative estimate of drug-likeness (QED) is 0.874. The van der Waals surface area contributed by atoms with Crippen molar-refractivity contribution in [1.29, 1.82) is 0 Å². The number of thioether (sulfide) groups is 1. The first-order valence-corrected chi connectivity index (χ1v) is 8.25. The van der Waals surface area contributed by atoms with Crippen LogP contribution in [0.15, 0.2) is 35.2 Å². The molecule has 0 aliphatic heterocycles. The topological polar surface area (TPSA) is 55.1 Å². The first kappa shape index (κ1) is 16.7. The van der Waals surface area contributed by atoms with Gasteiger partial charge in [-0.2, -0.15) is 0 Å². The van der Waals surface area contributed by atoms with Crippen molar-refractivity contribution in [1.82, 2.24) is 5.32 Å². The second-order valence-corrected chi connectivity index (χ2v) is 7.69. The van der Waals surface area contributed by atoms with Gasteiger partial charge in [0, 0.05) is 16.2 Å². The Kier molecular flexibility index (Phi) is 5.23. The van der Waals surface area contributed by atoms with Crippen LogP contribution in [0.2, 0.25) is 0 Å². The molecule has 1 aromatic carbocycles. The summed E-state index contributed by atoms with van der Waals surface area (Å²) in [6.07, 6.45) is 6.51. The van der Waals surface area contributed by atoms with Gasteiger partial charge in [-0.25, -0.2) is 0 Å². The van der Waals surface area contributed by atoms with Gasteiger partial charge in [0.2, 0.25) is 5.91 Å². The summed E-state index contributed by atoms with van der Waals surface area (Å²) in [5, 5.41) is 3.10. The molecule has 0 radical (unpaired) electrons. The van der Waals surface area contributed by atoms with E-state index in [1.807, 2.05) is 17.8 Å². The molecule has 3 nitrogen and oxygen atoms in total. The number of carbonyl (C=O) groups is 1. The van der Waals surface area contributed by atoms with E-state index >= 15 is 0 Å². The fourth-order valence-electron chi connectivity index (χ4n) is 2.85. The van der Waals surface area contributed by atoms with Crippen LogP contribution in [0.1, 0.15) is 38.5 Å². The van der Waals surface area contributed by atoms with Gasteiger partial charge in [-0.05, 0) is 37.8 Å². The molecule has 0 atom stereocenters. The molecular formula is C16H23ClN2OS. The molecule has 2 aliphatic carbocycles. The Balaban J connectivity index is 0.00000161. The molecule has 5 heteroatoms. The summed E-state index contributed by atoms with van der Waals surface area (Å²) in [6, 6.07) is 10.5. The zero-order chi connectivity index (χ0) is 14.1. The van der Waals surface area contributed by atoms with E-state index in [9.17, 15) is 4.79 Å². The molecule has 3 rings (SSSR count). The molecule has 2 fully saturated rings. The Bertz CT molecular complexity index is 484. The van der Waals surface area contributed by atoms with Crippen molar-refractivity contribution in [2.45, 2.75) is 53.7 Å². The molecule has 116 valence electrons. The molecule has 1 aromatic rings. The number of carbonyl (C=O) groups excluding carboxylic acids is 1. The molecule has 2 aliphatic rings. The predicted octanol–water partition coefficient (Wildman–Crippen LogP) is 3.12. The third-order valence-electron chi connectivity index (χ3n) is 4.40. The molecule has 1 amide bonds. The van der Waals surface area contributed by atoms with E-state index in [-0.39, 0.29) is 23.1 Å². The van der Waals surface area contributed by atoms with Gasteiger partial charge in [0.05, 0.1) is 5.54 Å². The Morgan fingerprint density at radius 1 is 1.14 bits per heavy atom. The van der Waals surface area contributed by atoms with Crippen LogP contribution in [0.4, 0.5) is 0 Å². The largest absolute Gasteiger partial charge is 0.353 e. The maximum absolute atomic E-state index is 12.0. The van der Waals surface area contributed by atoms with Gasteiger partial charge in [0.1, 0.15) is 0 Å². The average molecular weight is 327 g/mol. The SMILES string of the molecule is Cl.NC1(C(=O)NCC2(Sc3ccccc3)CCCC2)CC1. The van der Waals surface area contributed by atoms with Crippen LogP contribution in [0, 0.1) is 0 Å². The number of hydrogen-bond donors (Lipinski definition) is 2. The second kappa shape index (κ2) is 6.59. The lowest BCUT2D eigenvalue weighted by atomic mass is 10.1. The van der Waals surface area contributed by atoms with Crippen LogP contribution in [0.3, 0.4) is 0 Å². The van der Waals surface area contributed by atoms with Gasteiger partial charge in [0.25, 0.3) is 0 Å². The van der Waals surface area contributed by atoms with Crippen molar-refractivity contribution in [3.8, 4) is 0 Å². The molecule has 0 heterocycles. The van der Waals surface area contributed by atoms with Crippen molar-refractivity contribution in [2.24, 2.45) is 5.73 Å². The summed E-state index contributed by atoms with van der Waals surface area (Å²) in [5.41, 5.74) is 5.39. The summed E-state index contributed by atoms with van der Waals surface area (Å²) in [4.78, 5) is 13.3. The molecule has 2 saturated carbocycles. The van der Waals surface area contributed by atoms with Crippen LogP contribution in [0.25, 0.3) is 0 Å². The minimum Gasteiger partial charge on any atom is -0.353 e. The molecule has 3 N–H and O–H groups in total. The summed E-state index contributed by atoms with van der Waals surface area (Å²) >= 11 is 1.92. The van der Waals surface area contributed by atoms with Crippen molar-refractivity contribution < 1.29 is 4.79 Å². The zero-order valence-electron chi connectivity index (χ0n) is 12.1. The number of hydrogen-bond acceptors (Lipinski definition) is 3. The normalized spacial score (nSPS) is 21.4. The number of benzene rings is 1. The van der Waals surface area contributed by atoms with Crippen LogP contribution in [-0.2, 0) is 4.79 Å². The molecule has 0 aromatic heterocycles. The molecule has 0 saturated heterocycles. The van der Waals surface area contributed by atoms with E-state index in [2.05, 4.69) is 29.6 Å². The highest BCUT2D eigenvalue weighted by Crippen LogP contribution is 2.45. The van der Waals surface area contributed by atoms with Gasteiger partial charge in [-0.3, -0.25) is 4.79 Å². The lowest BCUT2D eigenvalue weighted by Crippen LogP contribution is -2.47. The number of nitrogens with one attached hydrogen (secondary N) is 1. The zero-order valence-corrected chi connectivity index (χ0v) is 13.8. The van der Waals surface area contributed by atoms with E-state index < -0.39 is 5.54 Å². The maximum Gasteiger partial charge on any atom is 0.240 e. The molecule has 0 bridgehead atoms. The standard InChI is InChI=1S/C16H22N2OS.ClH/c17-16(10-11-16)14(19)18-12-15(8-4-5-9-15)20-13-6-2-1-3-7-13;/h1-3,6-7H,4-5,8-12,17H2,(H,18,19);1H. The summed E-state index contributed by atoms with van der Waals surface area (Å²) in [7, 11) is 0. The third kappa shape index (κ3) is 3.93.